The maximum Gasteiger partial charge on any atom is 0.284 e. The van der Waals surface area contributed by atoms with Crippen molar-refractivity contribution in [1.82, 2.24) is 0 Å². The fraction of sp³-hybridized carbons (Fsp3) is 0. The van der Waals surface area contributed by atoms with E-state index in [0.29, 0.717) is 11.0 Å². The summed E-state index contributed by atoms with van der Waals surface area (Å²) in [4.78, 5) is 22.2. The molecule has 4 nitrogen and oxygen atoms in total. The van der Waals surface area contributed by atoms with Gasteiger partial charge in [0.05, 0.1) is 5.39 Å². The van der Waals surface area contributed by atoms with Gasteiger partial charge in [0, 0.05) is 6.07 Å². The monoisotopic (exact) mass is 189 g/mol. The van der Waals surface area contributed by atoms with E-state index in [4.69, 9.17) is 10.2 Å². The second kappa shape index (κ2) is 2.99. The molecular formula is C10H7NO3. The third-order valence-corrected chi connectivity index (χ3v) is 1.88. The van der Waals surface area contributed by atoms with Crippen molar-refractivity contribution in [2.45, 2.75) is 0 Å². The predicted octanol–water partition coefficient (Wildman–Crippen LogP) is 0.892. The Hall–Kier alpha value is -2.10. The Balaban J connectivity index is 2.86. The van der Waals surface area contributed by atoms with Crippen LogP contribution in [-0.4, -0.2) is 5.91 Å². The molecule has 1 aromatic heterocycles. The van der Waals surface area contributed by atoms with Gasteiger partial charge in [-0.3, -0.25) is 9.59 Å². The maximum atomic E-state index is 11.4. The number of fused-ring (bicyclic) bond motifs is 1. The Morgan fingerprint density at radius 3 is 2.71 bits per heavy atom. The lowest BCUT2D eigenvalue weighted by molar-refractivity contribution is 0.0974. The average molecular weight is 189 g/mol. The van der Waals surface area contributed by atoms with E-state index in [0.717, 1.165) is 6.07 Å². The van der Waals surface area contributed by atoms with Gasteiger partial charge in [0.15, 0.2) is 11.2 Å². The predicted molar refractivity (Wildman–Crippen MR) is 51.0 cm³/mol. The first-order chi connectivity index (χ1) is 6.68. The topological polar surface area (TPSA) is 73.3 Å². The van der Waals surface area contributed by atoms with Gasteiger partial charge < -0.3 is 10.2 Å². The molecule has 0 fully saturated rings. The molecule has 0 bridgehead atoms. The first kappa shape index (κ1) is 8.50. The van der Waals surface area contributed by atoms with Gasteiger partial charge in [-0.05, 0) is 12.1 Å². The standard InChI is InChI=1S/C10H7NO3/c11-10(13)9-5-7(12)6-3-1-2-4-8(6)14-9/h1-5H,(H2,11,13). The summed E-state index contributed by atoms with van der Waals surface area (Å²) in [5, 5.41) is 0.442. The number of rotatable bonds is 1. The van der Waals surface area contributed by atoms with Gasteiger partial charge in [0.2, 0.25) is 0 Å². The molecule has 0 aliphatic carbocycles. The number of benzene rings is 1. The van der Waals surface area contributed by atoms with Crippen molar-refractivity contribution in [3.8, 4) is 0 Å². The van der Waals surface area contributed by atoms with E-state index in [9.17, 15) is 9.59 Å². The number of primary amides is 1. The minimum Gasteiger partial charge on any atom is -0.451 e. The molecule has 4 heteroatoms. The zero-order valence-electron chi connectivity index (χ0n) is 7.19. The summed E-state index contributed by atoms with van der Waals surface area (Å²) >= 11 is 0. The molecule has 0 aliphatic rings. The highest BCUT2D eigenvalue weighted by molar-refractivity contribution is 5.91. The largest absolute Gasteiger partial charge is 0.451 e. The molecule has 0 saturated heterocycles. The zero-order valence-corrected chi connectivity index (χ0v) is 7.19. The van der Waals surface area contributed by atoms with Crippen molar-refractivity contribution in [2.24, 2.45) is 5.73 Å². The summed E-state index contributed by atoms with van der Waals surface area (Å²) in [6.45, 7) is 0. The molecule has 0 saturated carbocycles. The van der Waals surface area contributed by atoms with E-state index in [-0.39, 0.29) is 11.2 Å². The molecule has 14 heavy (non-hydrogen) atoms. The Morgan fingerprint density at radius 1 is 1.29 bits per heavy atom. The van der Waals surface area contributed by atoms with Gasteiger partial charge in [0.25, 0.3) is 5.91 Å². The SMILES string of the molecule is NC(=O)c1cc(=O)c2ccccc2o1. The quantitative estimate of drug-likeness (QED) is 0.724. The third-order valence-electron chi connectivity index (χ3n) is 1.88. The van der Waals surface area contributed by atoms with Crippen molar-refractivity contribution in [3.05, 3.63) is 46.3 Å². The fourth-order valence-electron chi connectivity index (χ4n) is 1.23. The minimum absolute atomic E-state index is 0.117. The molecule has 0 unspecified atom stereocenters. The van der Waals surface area contributed by atoms with Crippen molar-refractivity contribution in [2.75, 3.05) is 0 Å². The fourth-order valence-corrected chi connectivity index (χ4v) is 1.23. The second-order valence-corrected chi connectivity index (χ2v) is 2.84. The van der Waals surface area contributed by atoms with Crippen LogP contribution >= 0.6 is 0 Å². The molecule has 1 heterocycles. The molecule has 2 N–H and O–H groups in total. The van der Waals surface area contributed by atoms with E-state index in [1.807, 2.05) is 0 Å². The van der Waals surface area contributed by atoms with Gasteiger partial charge in [-0.15, -0.1) is 0 Å². The van der Waals surface area contributed by atoms with Crippen molar-refractivity contribution >= 4 is 16.9 Å². The molecule has 2 rings (SSSR count). The highest BCUT2D eigenvalue weighted by atomic mass is 16.3. The van der Waals surface area contributed by atoms with E-state index in [2.05, 4.69) is 0 Å². The second-order valence-electron chi connectivity index (χ2n) is 2.84. The van der Waals surface area contributed by atoms with E-state index < -0.39 is 5.91 Å². The molecular weight excluding hydrogens is 182 g/mol. The van der Waals surface area contributed by atoms with E-state index >= 15 is 0 Å². The molecule has 1 amide bonds. The molecule has 0 spiro atoms. The smallest absolute Gasteiger partial charge is 0.284 e. The van der Waals surface area contributed by atoms with Crippen molar-refractivity contribution in [3.63, 3.8) is 0 Å². The number of amides is 1. The highest BCUT2D eigenvalue weighted by Gasteiger charge is 2.07. The number of carbonyl (C=O) groups excluding carboxylic acids is 1. The van der Waals surface area contributed by atoms with Crippen LogP contribution in [0.25, 0.3) is 11.0 Å². The minimum atomic E-state index is -0.743. The summed E-state index contributed by atoms with van der Waals surface area (Å²) in [6, 6.07) is 7.79. The Bertz CT molecular complexity index is 557. The number of para-hydroxylation sites is 1. The normalized spacial score (nSPS) is 10.3. The molecule has 0 radical (unpaired) electrons. The van der Waals surface area contributed by atoms with Crippen LogP contribution in [0, 0.1) is 0 Å². The van der Waals surface area contributed by atoms with Crippen LogP contribution in [0.3, 0.4) is 0 Å². The van der Waals surface area contributed by atoms with Crippen molar-refractivity contribution in [1.29, 1.82) is 0 Å². The molecule has 2 aromatic rings. The third kappa shape index (κ3) is 1.26. The summed E-state index contributed by atoms with van der Waals surface area (Å²) in [6.07, 6.45) is 0. The molecule has 1 aromatic carbocycles. The Kier molecular flexibility index (Phi) is 1.81. The van der Waals surface area contributed by atoms with Gasteiger partial charge in [0.1, 0.15) is 5.58 Å². The van der Waals surface area contributed by atoms with Crippen LogP contribution in [0.15, 0.2) is 39.5 Å². The summed E-state index contributed by atoms with van der Waals surface area (Å²) in [5.41, 5.74) is 5.11. The van der Waals surface area contributed by atoms with Gasteiger partial charge in [-0.1, -0.05) is 12.1 Å². The lowest BCUT2D eigenvalue weighted by Gasteiger charge is -1.97. The first-order valence-corrected chi connectivity index (χ1v) is 4.01. The first-order valence-electron chi connectivity index (χ1n) is 4.01. The maximum absolute atomic E-state index is 11.4. The van der Waals surface area contributed by atoms with Crippen LogP contribution in [0.4, 0.5) is 0 Å². The Labute approximate surface area is 78.9 Å². The molecule has 0 aliphatic heterocycles. The molecule has 70 valence electrons. The van der Waals surface area contributed by atoms with Gasteiger partial charge >= 0.3 is 0 Å². The number of nitrogens with two attached hydrogens (primary N) is 1. The van der Waals surface area contributed by atoms with Crippen molar-refractivity contribution < 1.29 is 9.21 Å². The van der Waals surface area contributed by atoms with E-state index in [1.54, 1.807) is 24.3 Å². The lowest BCUT2D eigenvalue weighted by Crippen LogP contribution is -2.14. The Morgan fingerprint density at radius 2 is 2.00 bits per heavy atom. The summed E-state index contributed by atoms with van der Waals surface area (Å²) in [5.74, 6) is -0.860. The number of hydrogen-bond donors (Lipinski definition) is 1. The van der Waals surface area contributed by atoms with Crippen LogP contribution in [0.2, 0.25) is 0 Å². The highest BCUT2D eigenvalue weighted by Crippen LogP contribution is 2.10. The van der Waals surface area contributed by atoms with Crippen LogP contribution in [-0.2, 0) is 0 Å². The summed E-state index contributed by atoms with van der Waals surface area (Å²) in [7, 11) is 0. The van der Waals surface area contributed by atoms with Crippen LogP contribution < -0.4 is 11.2 Å². The summed E-state index contributed by atoms with van der Waals surface area (Å²) < 4.78 is 5.13. The number of hydrogen-bond acceptors (Lipinski definition) is 3. The van der Waals surface area contributed by atoms with Gasteiger partial charge in [-0.25, -0.2) is 0 Å². The average Bonchev–Trinajstić information content (AvgIpc) is 2.17. The lowest BCUT2D eigenvalue weighted by atomic mass is 10.2. The zero-order chi connectivity index (χ0) is 10.1. The van der Waals surface area contributed by atoms with Crippen LogP contribution in [0.1, 0.15) is 10.6 Å². The molecule has 0 atom stereocenters. The van der Waals surface area contributed by atoms with Gasteiger partial charge in [-0.2, -0.15) is 0 Å². The van der Waals surface area contributed by atoms with Crippen LogP contribution in [0.5, 0.6) is 0 Å². The van der Waals surface area contributed by atoms with E-state index in [1.165, 1.54) is 0 Å². The number of carbonyl (C=O) groups is 1.